The highest BCUT2D eigenvalue weighted by Gasteiger charge is 2.03. The number of aromatic amines is 1. The maximum Gasteiger partial charge on any atom is 0.124 e. The number of methoxy groups -OCH3 is 1. The molecule has 0 aliphatic rings. The Kier molecular flexibility index (Phi) is 2.23. The summed E-state index contributed by atoms with van der Waals surface area (Å²) in [7, 11) is 1.63. The van der Waals surface area contributed by atoms with Crippen LogP contribution in [0.1, 0.15) is 5.56 Å². The molecule has 1 heterocycles. The summed E-state index contributed by atoms with van der Waals surface area (Å²) in [6.07, 6.45) is 3.20. The van der Waals surface area contributed by atoms with Gasteiger partial charge < -0.3 is 14.5 Å². The predicted molar refractivity (Wildman–Crippen MR) is 54.6 cm³/mol. The first kappa shape index (κ1) is 8.81. The molecule has 0 bridgehead atoms. The number of aromatic nitrogens is 1. The molecule has 0 saturated heterocycles. The molecule has 14 heavy (non-hydrogen) atoms. The van der Waals surface area contributed by atoms with Gasteiger partial charge in [-0.15, -0.1) is 0 Å². The predicted octanol–water partition coefficient (Wildman–Crippen LogP) is 1.92. The zero-order valence-electron chi connectivity index (χ0n) is 7.91. The first-order valence-electron chi connectivity index (χ1n) is 4.43. The van der Waals surface area contributed by atoms with E-state index in [0.717, 1.165) is 28.5 Å². The topological polar surface area (TPSA) is 42.1 Å². The second-order valence-corrected chi connectivity index (χ2v) is 3.10. The Balaban J connectivity index is 2.57. The third-order valence-electron chi connectivity index (χ3n) is 2.28. The second kappa shape index (κ2) is 3.54. The van der Waals surface area contributed by atoms with Crippen LogP contribution in [0.2, 0.25) is 0 Å². The summed E-state index contributed by atoms with van der Waals surface area (Å²) in [5.41, 5.74) is 2.04. The number of hydrogen-bond donors (Lipinski definition) is 1. The first-order chi connectivity index (χ1) is 6.85. The second-order valence-electron chi connectivity index (χ2n) is 3.10. The van der Waals surface area contributed by atoms with Crippen molar-refractivity contribution in [2.24, 2.45) is 0 Å². The highest BCUT2D eigenvalue weighted by molar-refractivity contribution is 5.86. The number of benzene rings is 1. The number of carbonyl (C=O) groups is 1. The van der Waals surface area contributed by atoms with Crippen molar-refractivity contribution < 1.29 is 9.53 Å². The Labute approximate surface area is 81.7 Å². The number of H-pyrrole nitrogens is 1. The number of rotatable bonds is 3. The van der Waals surface area contributed by atoms with E-state index in [1.807, 2.05) is 24.4 Å². The SMILES string of the molecule is COc1ccc2[nH]cc(CC=O)c2c1. The van der Waals surface area contributed by atoms with Gasteiger partial charge in [-0.3, -0.25) is 0 Å². The maximum atomic E-state index is 10.4. The minimum Gasteiger partial charge on any atom is -0.497 e. The molecule has 1 N–H and O–H groups in total. The Morgan fingerprint density at radius 1 is 1.50 bits per heavy atom. The normalized spacial score (nSPS) is 10.4. The van der Waals surface area contributed by atoms with Gasteiger partial charge in [0.2, 0.25) is 0 Å². The Bertz CT molecular complexity index is 459. The highest BCUT2D eigenvalue weighted by atomic mass is 16.5. The molecule has 0 spiro atoms. The van der Waals surface area contributed by atoms with Crippen LogP contribution < -0.4 is 4.74 Å². The van der Waals surface area contributed by atoms with Gasteiger partial charge in [0, 0.05) is 23.5 Å². The van der Waals surface area contributed by atoms with Crippen LogP contribution in [0.5, 0.6) is 5.75 Å². The molecule has 0 fully saturated rings. The molecule has 0 unspecified atom stereocenters. The van der Waals surface area contributed by atoms with Gasteiger partial charge in [0.1, 0.15) is 12.0 Å². The molecule has 1 aromatic carbocycles. The van der Waals surface area contributed by atoms with Crippen molar-refractivity contribution in [1.29, 1.82) is 0 Å². The number of ether oxygens (including phenoxy) is 1. The number of carbonyl (C=O) groups excluding carboxylic acids is 1. The summed E-state index contributed by atoms with van der Waals surface area (Å²) in [6.45, 7) is 0. The van der Waals surface area contributed by atoms with Crippen molar-refractivity contribution in [3.05, 3.63) is 30.0 Å². The van der Waals surface area contributed by atoms with Crippen molar-refractivity contribution >= 4 is 17.2 Å². The van der Waals surface area contributed by atoms with Crippen LogP contribution in [0, 0.1) is 0 Å². The van der Waals surface area contributed by atoms with Gasteiger partial charge in [0.05, 0.1) is 7.11 Å². The molecule has 3 heteroatoms. The third kappa shape index (κ3) is 1.37. The van der Waals surface area contributed by atoms with E-state index in [4.69, 9.17) is 4.74 Å². The van der Waals surface area contributed by atoms with Crippen LogP contribution in [0.25, 0.3) is 10.9 Å². The van der Waals surface area contributed by atoms with Gasteiger partial charge in [-0.25, -0.2) is 0 Å². The van der Waals surface area contributed by atoms with E-state index >= 15 is 0 Å². The van der Waals surface area contributed by atoms with Gasteiger partial charge in [0.15, 0.2) is 0 Å². The van der Waals surface area contributed by atoms with E-state index in [2.05, 4.69) is 4.98 Å². The highest BCUT2D eigenvalue weighted by Crippen LogP contribution is 2.23. The van der Waals surface area contributed by atoms with E-state index < -0.39 is 0 Å². The fraction of sp³-hybridized carbons (Fsp3) is 0.182. The van der Waals surface area contributed by atoms with Crippen molar-refractivity contribution in [3.63, 3.8) is 0 Å². The first-order valence-corrected chi connectivity index (χ1v) is 4.43. The minimum absolute atomic E-state index is 0.438. The molecule has 1 aromatic heterocycles. The van der Waals surface area contributed by atoms with Crippen molar-refractivity contribution in [3.8, 4) is 5.75 Å². The van der Waals surface area contributed by atoms with Gasteiger partial charge in [0.25, 0.3) is 0 Å². The quantitative estimate of drug-likeness (QED) is 0.749. The molecular weight excluding hydrogens is 178 g/mol. The van der Waals surface area contributed by atoms with Crippen LogP contribution in [-0.4, -0.2) is 18.4 Å². The fourth-order valence-electron chi connectivity index (χ4n) is 1.54. The Morgan fingerprint density at radius 3 is 3.07 bits per heavy atom. The molecule has 2 rings (SSSR count). The van der Waals surface area contributed by atoms with Crippen LogP contribution in [0.15, 0.2) is 24.4 Å². The van der Waals surface area contributed by atoms with Gasteiger partial charge in [-0.1, -0.05) is 0 Å². The average Bonchev–Trinajstić information content (AvgIpc) is 2.61. The van der Waals surface area contributed by atoms with Gasteiger partial charge in [-0.05, 0) is 23.8 Å². The lowest BCUT2D eigenvalue weighted by Crippen LogP contribution is -1.84. The number of hydrogen-bond acceptors (Lipinski definition) is 2. The van der Waals surface area contributed by atoms with Crippen molar-refractivity contribution in [1.82, 2.24) is 4.98 Å². The van der Waals surface area contributed by atoms with E-state index in [1.54, 1.807) is 7.11 Å². The summed E-state index contributed by atoms with van der Waals surface area (Å²) in [6, 6.07) is 5.77. The fourth-order valence-corrected chi connectivity index (χ4v) is 1.54. The lowest BCUT2D eigenvalue weighted by molar-refractivity contribution is -0.107. The molecule has 0 aliphatic carbocycles. The van der Waals surface area contributed by atoms with Crippen molar-refractivity contribution in [2.45, 2.75) is 6.42 Å². The molecule has 0 amide bonds. The standard InChI is InChI=1S/C11H11NO2/c1-14-9-2-3-11-10(6-9)8(4-5-13)7-12-11/h2-3,5-7,12H,4H2,1H3. The zero-order chi connectivity index (χ0) is 9.97. The van der Waals surface area contributed by atoms with Crippen LogP contribution in [0.4, 0.5) is 0 Å². The zero-order valence-corrected chi connectivity index (χ0v) is 7.91. The molecular formula is C11H11NO2. The van der Waals surface area contributed by atoms with E-state index in [-0.39, 0.29) is 0 Å². The maximum absolute atomic E-state index is 10.4. The van der Waals surface area contributed by atoms with Crippen LogP contribution >= 0.6 is 0 Å². The van der Waals surface area contributed by atoms with E-state index in [9.17, 15) is 4.79 Å². The Morgan fingerprint density at radius 2 is 2.36 bits per heavy atom. The molecule has 0 radical (unpaired) electrons. The van der Waals surface area contributed by atoms with Crippen molar-refractivity contribution in [2.75, 3.05) is 7.11 Å². The molecule has 0 atom stereocenters. The minimum atomic E-state index is 0.438. The monoisotopic (exact) mass is 189 g/mol. The summed E-state index contributed by atoms with van der Waals surface area (Å²) < 4.78 is 5.12. The molecule has 3 nitrogen and oxygen atoms in total. The number of fused-ring (bicyclic) bond motifs is 1. The lowest BCUT2D eigenvalue weighted by Gasteiger charge is -1.99. The van der Waals surface area contributed by atoms with E-state index in [1.165, 1.54) is 0 Å². The number of nitrogens with one attached hydrogen (secondary N) is 1. The van der Waals surface area contributed by atoms with E-state index in [0.29, 0.717) is 6.42 Å². The summed E-state index contributed by atoms with van der Waals surface area (Å²) in [5.74, 6) is 0.809. The van der Waals surface area contributed by atoms with Gasteiger partial charge in [-0.2, -0.15) is 0 Å². The smallest absolute Gasteiger partial charge is 0.124 e. The molecule has 0 saturated carbocycles. The summed E-state index contributed by atoms with van der Waals surface area (Å²) >= 11 is 0. The third-order valence-corrected chi connectivity index (χ3v) is 2.28. The lowest BCUT2D eigenvalue weighted by atomic mass is 10.1. The largest absolute Gasteiger partial charge is 0.497 e. The van der Waals surface area contributed by atoms with Crippen LogP contribution in [-0.2, 0) is 11.2 Å². The van der Waals surface area contributed by atoms with Crippen LogP contribution in [0.3, 0.4) is 0 Å². The summed E-state index contributed by atoms with van der Waals surface area (Å²) in [4.78, 5) is 13.5. The molecule has 72 valence electrons. The average molecular weight is 189 g/mol. The molecule has 2 aromatic rings. The van der Waals surface area contributed by atoms with Gasteiger partial charge >= 0.3 is 0 Å². The Hall–Kier alpha value is -1.77. The summed E-state index contributed by atoms with van der Waals surface area (Å²) in [5, 5.41) is 1.05. The molecule has 0 aliphatic heterocycles. The number of aldehydes is 1.